The molecule has 0 aliphatic carbocycles. The van der Waals surface area contributed by atoms with Crippen LogP contribution in [0.5, 0.6) is 0 Å². The lowest BCUT2D eigenvalue weighted by Gasteiger charge is -2.25. The molecule has 5 heteroatoms. The molecule has 0 bridgehead atoms. The number of hydrogen-bond donors (Lipinski definition) is 4. The van der Waals surface area contributed by atoms with Crippen molar-refractivity contribution in [3.63, 3.8) is 0 Å². The fraction of sp³-hybridized carbons (Fsp3) is 0.667. The summed E-state index contributed by atoms with van der Waals surface area (Å²) in [4.78, 5) is 0. The SMILES string of the molecule is OC[C@H]1OCC(O)=C(O)[C@H]1O. The first-order valence-electron chi connectivity index (χ1n) is 3.18. The maximum atomic E-state index is 9.06. The van der Waals surface area contributed by atoms with E-state index < -0.39 is 24.6 Å². The minimum Gasteiger partial charge on any atom is -0.506 e. The Balaban J connectivity index is 2.73. The van der Waals surface area contributed by atoms with Gasteiger partial charge in [0.2, 0.25) is 0 Å². The van der Waals surface area contributed by atoms with Crippen LogP contribution in [0.15, 0.2) is 11.5 Å². The van der Waals surface area contributed by atoms with E-state index in [0.29, 0.717) is 0 Å². The Labute approximate surface area is 63.2 Å². The van der Waals surface area contributed by atoms with E-state index in [2.05, 4.69) is 0 Å². The first-order valence-corrected chi connectivity index (χ1v) is 3.18. The van der Waals surface area contributed by atoms with Crippen LogP contribution in [-0.2, 0) is 4.74 Å². The zero-order chi connectivity index (χ0) is 8.43. The molecule has 0 fully saturated rings. The summed E-state index contributed by atoms with van der Waals surface area (Å²) in [5.41, 5.74) is 0. The molecule has 64 valence electrons. The largest absolute Gasteiger partial charge is 0.506 e. The smallest absolute Gasteiger partial charge is 0.164 e. The topological polar surface area (TPSA) is 90.2 Å². The molecule has 0 aromatic rings. The molecule has 1 heterocycles. The maximum absolute atomic E-state index is 9.06. The van der Waals surface area contributed by atoms with E-state index in [4.69, 9.17) is 25.2 Å². The van der Waals surface area contributed by atoms with Crippen LogP contribution in [0.3, 0.4) is 0 Å². The monoisotopic (exact) mass is 162 g/mol. The van der Waals surface area contributed by atoms with Crippen LogP contribution >= 0.6 is 0 Å². The van der Waals surface area contributed by atoms with Crippen LogP contribution in [0.25, 0.3) is 0 Å². The van der Waals surface area contributed by atoms with Gasteiger partial charge in [-0.25, -0.2) is 0 Å². The second-order valence-corrected chi connectivity index (χ2v) is 2.31. The van der Waals surface area contributed by atoms with Crippen molar-refractivity contribution in [3.05, 3.63) is 11.5 Å². The van der Waals surface area contributed by atoms with Crippen LogP contribution in [0, 0.1) is 0 Å². The Morgan fingerprint density at radius 1 is 1.45 bits per heavy atom. The summed E-state index contributed by atoms with van der Waals surface area (Å²) in [5, 5.41) is 35.4. The van der Waals surface area contributed by atoms with Gasteiger partial charge in [0.05, 0.1) is 6.61 Å². The number of aliphatic hydroxyl groups excluding tert-OH is 4. The maximum Gasteiger partial charge on any atom is 0.164 e. The van der Waals surface area contributed by atoms with Gasteiger partial charge in [-0.15, -0.1) is 0 Å². The highest BCUT2D eigenvalue weighted by atomic mass is 16.5. The van der Waals surface area contributed by atoms with Gasteiger partial charge in [-0.05, 0) is 0 Å². The van der Waals surface area contributed by atoms with Crippen LogP contribution in [-0.4, -0.2) is 45.8 Å². The molecule has 1 aliphatic rings. The first kappa shape index (κ1) is 8.32. The Morgan fingerprint density at radius 2 is 2.09 bits per heavy atom. The molecule has 0 aromatic carbocycles. The lowest BCUT2D eigenvalue weighted by atomic mass is 10.1. The van der Waals surface area contributed by atoms with E-state index in [1.165, 1.54) is 0 Å². The van der Waals surface area contributed by atoms with Crippen LogP contribution in [0.4, 0.5) is 0 Å². The molecule has 5 nitrogen and oxygen atoms in total. The third-order valence-corrected chi connectivity index (χ3v) is 1.54. The van der Waals surface area contributed by atoms with Gasteiger partial charge >= 0.3 is 0 Å². The average molecular weight is 162 g/mol. The molecule has 0 amide bonds. The quantitative estimate of drug-likeness (QED) is 0.400. The van der Waals surface area contributed by atoms with E-state index in [1.54, 1.807) is 0 Å². The van der Waals surface area contributed by atoms with Crippen molar-refractivity contribution in [3.8, 4) is 0 Å². The molecular formula is C6H10O5. The molecule has 0 saturated heterocycles. The molecule has 0 spiro atoms. The molecule has 4 N–H and O–H groups in total. The van der Waals surface area contributed by atoms with Crippen molar-refractivity contribution >= 4 is 0 Å². The average Bonchev–Trinajstić information content (AvgIpc) is 2.01. The summed E-state index contributed by atoms with van der Waals surface area (Å²) < 4.78 is 4.75. The fourth-order valence-corrected chi connectivity index (χ4v) is 0.850. The Hall–Kier alpha value is -0.780. The van der Waals surface area contributed by atoms with Gasteiger partial charge in [-0.3, -0.25) is 0 Å². The third kappa shape index (κ3) is 1.45. The van der Waals surface area contributed by atoms with Gasteiger partial charge in [-0.2, -0.15) is 0 Å². The van der Waals surface area contributed by atoms with Gasteiger partial charge < -0.3 is 25.2 Å². The zero-order valence-electron chi connectivity index (χ0n) is 5.77. The van der Waals surface area contributed by atoms with Crippen molar-refractivity contribution in [2.24, 2.45) is 0 Å². The predicted molar refractivity (Wildman–Crippen MR) is 35.1 cm³/mol. The summed E-state index contributed by atoms with van der Waals surface area (Å²) in [7, 11) is 0. The van der Waals surface area contributed by atoms with Crippen molar-refractivity contribution in [1.82, 2.24) is 0 Å². The Bertz CT molecular complexity index is 176. The summed E-state index contributed by atoms with van der Waals surface area (Å²) in [6, 6.07) is 0. The van der Waals surface area contributed by atoms with E-state index in [9.17, 15) is 0 Å². The van der Waals surface area contributed by atoms with Crippen LogP contribution in [0.2, 0.25) is 0 Å². The number of aliphatic hydroxyl groups is 4. The van der Waals surface area contributed by atoms with Crippen LogP contribution < -0.4 is 0 Å². The minimum absolute atomic E-state index is 0.172. The molecule has 1 aliphatic heterocycles. The van der Waals surface area contributed by atoms with E-state index in [1.807, 2.05) is 0 Å². The van der Waals surface area contributed by atoms with Gasteiger partial charge in [0.25, 0.3) is 0 Å². The molecule has 2 atom stereocenters. The van der Waals surface area contributed by atoms with Gasteiger partial charge in [0.15, 0.2) is 11.5 Å². The van der Waals surface area contributed by atoms with Gasteiger partial charge in [-0.1, -0.05) is 0 Å². The lowest BCUT2D eigenvalue weighted by Crippen LogP contribution is -2.39. The van der Waals surface area contributed by atoms with Gasteiger partial charge in [0.1, 0.15) is 18.8 Å². The zero-order valence-corrected chi connectivity index (χ0v) is 5.77. The summed E-state index contributed by atoms with van der Waals surface area (Å²) in [6.07, 6.45) is -2.17. The Morgan fingerprint density at radius 3 is 2.64 bits per heavy atom. The summed E-state index contributed by atoms with van der Waals surface area (Å²) in [5.74, 6) is -0.905. The molecule has 0 radical (unpaired) electrons. The summed E-state index contributed by atoms with van der Waals surface area (Å²) >= 11 is 0. The molecule has 0 saturated carbocycles. The highest BCUT2D eigenvalue weighted by molar-refractivity contribution is 5.09. The molecule has 0 aromatic heterocycles. The second-order valence-electron chi connectivity index (χ2n) is 2.31. The highest BCUT2D eigenvalue weighted by Crippen LogP contribution is 2.16. The first-order chi connectivity index (χ1) is 5.16. The van der Waals surface area contributed by atoms with Crippen molar-refractivity contribution in [2.75, 3.05) is 13.2 Å². The predicted octanol–water partition coefficient (Wildman–Crippen LogP) is -0.934. The number of ether oxygens (including phenoxy) is 1. The highest BCUT2D eigenvalue weighted by Gasteiger charge is 2.30. The minimum atomic E-state index is -1.33. The fourth-order valence-electron chi connectivity index (χ4n) is 0.850. The van der Waals surface area contributed by atoms with E-state index in [-0.39, 0.29) is 12.4 Å². The molecule has 11 heavy (non-hydrogen) atoms. The standard InChI is InChI=1S/C6H10O5/c7-1-4-6(10)5(9)3(8)2-11-4/h4,6-10H,1-2H2/t4-,6+/m1/s1. The van der Waals surface area contributed by atoms with Gasteiger partial charge in [0, 0.05) is 0 Å². The number of rotatable bonds is 1. The van der Waals surface area contributed by atoms with E-state index in [0.717, 1.165) is 0 Å². The van der Waals surface area contributed by atoms with Crippen LogP contribution in [0.1, 0.15) is 0 Å². The molecule has 1 rings (SSSR count). The normalized spacial score (nSPS) is 32.5. The second kappa shape index (κ2) is 3.08. The molecular weight excluding hydrogens is 152 g/mol. The Kier molecular flexibility index (Phi) is 2.33. The lowest BCUT2D eigenvalue weighted by molar-refractivity contribution is -0.0816. The van der Waals surface area contributed by atoms with E-state index >= 15 is 0 Å². The third-order valence-electron chi connectivity index (χ3n) is 1.54. The summed E-state index contributed by atoms with van der Waals surface area (Å²) in [6.45, 7) is -0.563. The van der Waals surface area contributed by atoms with Crippen molar-refractivity contribution in [1.29, 1.82) is 0 Å². The van der Waals surface area contributed by atoms with Crippen molar-refractivity contribution in [2.45, 2.75) is 12.2 Å². The van der Waals surface area contributed by atoms with Crippen molar-refractivity contribution < 1.29 is 25.2 Å². The number of hydrogen-bond acceptors (Lipinski definition) is 5. The molecule has 0 unspecified atom stereocenters.